The average molecular weight is 674 g/mol. The van der Waals surface area contributed by atoms with Crippen LogP contribution >= 0.6 is 23.3 Å². The number of hydrogen-bond acceptors (Lipinski definition) is 10. The summed E-state index contributed by atoms with van der Waals surface area (Å²) in [4.78, 5) is 13.7. The first-order valence-corrected chi connectivity index (χ1v) is 16.4. The second-order valence-corrected chi connectivity index (χ2v) is 12.6. The highest BCUT2D eigenvalue weighted by Crippen LogP contribution is 2.38. The van der Waals surface area contributed by atoms with Crippen LogP contribution < -0.4 is 18.9 Å². The number of likely N-dealkylation sites (tertiary alicyclic amines) is 1. The third kappa shape index (κ3) is 6.70. The van der Waals surface area contributed by atoms with Gasteiger partial charge in [-0.15, -0.1) is 0 Å². The van der Waals surface area contributed by atoms with Crippen LogP contribution in [0.4, 0.5) is 0 Å². The molecule has 10 nitrogen and oxygen atoms in total. The van der Waals surface area contributed by atoms with Gasteiger partial charge in [0.05, 0.1) is 22.9 Å². The Bertz CT molecular complexity index is 1950. The predicted octanol–water partition coefficient (Wildman–Crippen LogP) is 6.27. The molecule has 2 unspecified atom stereocenters. The third-order valence-corrected chi connectivity index (χ3v) is 9.40. The zero-order chi connectivity index (χ0) is 32.5. The minimum atomic E-state index is -0.978. The largest absolute Gasteiger partial charge is 0.488 e. The van der Waals surface area contributed by atoms with Crippen molar-refractivity contribution in [3.05, 3.63) is 94.0 Å². The van der Waals surface area contributed by atoms with Crippen molar-refractivity contribution in [2.24, 2.45) is 0 Å². The fraction of sp³-hybridized carbons (Fsp3) is 0.286. The third-order valence-electron chi connectivity index (χ3n) is 8.55. The van der Waals surface area contributed by atoms with Crippen LogP contribution in [0.3, 0.4) is 0 Å². The number of carboxylic acids is 1. The lowest BCUT2D eigenvalue weighted by Gasteiger charge is -2.23. The maximum atomic E-state index is 11.9. The molecule has 47 heavy (non-hydrogen) atoms. The van der Waals surface area contributed by atoms with Crippen molar-refractivity contribution in [2.75, 3.05) is 19.8 Å². The molecule has 0 amide bonds. The number of ether oxygens (including phenoxy) is 4. The van der Waals surface area contributed by atoms with Crippen molar-refractivity contribution < 1.29 is 34.0 Å². The van der Waals surface area contributed by atoms with Gasteiger partial charge in [0.1, 0.15) is 55.0 Å². The molecule has 7 rings (SSSR count). The maximum Gasteiger partial charge on any atom is 0.321 e. The minimum absolute atomic E-state index is 0.160. The van der Waals surface area contributed by atoms with Crippen LogP contribution in [0, 0.1) is 6.92 Å². The van der Waals surface area contributed by atoms with Crippen molar-refractivity contribution >= 4 is 40.3 Å². The maximum absolute atomic E-state index is 11.9. The highest BCUT2D eigenvalue weighted by Gasteiger charge is 2.36. The number of halogens is 1. The topological polar surface area (TPSA) is 123 Å². The molecule has 0 spiro atoms. The molecule has 0 saturated carbocycles. The van der Waals surface area contributed by atoms with E-state index in [2.05, 4.69) is 21.7 Å². The van der Waals surface area contributed by atoms with Crippen molar-refractivity contribution in [1.29, 1.82) is 0 Å². The molecule has 0 aliphatic carbocycles. The number of rotatable bonds is 10. The molecule has 3 heterocycles. The van der Waals surface area contributed by atoms with E-state index in [0.29, 0.717) is 35.3 Å². The molecule has 2 aliphatic heterocycles. The van der Waals surface area contributed by atoms with Gasteiger partial charge < -0.3 is 29.2 Å². The molecule has 242 valence electrons. The zero-order valence-electron chi connectivity index (χ0n) is 25.5. The Morgan fingerprint density at radius 1 is 0.957 bits per heavy atom. The summed E-state index contributed by atoms with van der Waals surface area (Å²) in [5.74, 6) is 1.44. The standard InChI is InChI=1S/C35H32ClN3O7S/c1-20-23(3-2-4-26(20)22-6-8-31-34(13-22)44-10-9-43-31)19-46-33-15-32(45-18-21-5-7-28-29(11-21)38-47-37-28)24(12-27(33)36)16-39-17-25(40)14-30(39)35(41)42/h2-8,11-13,15,25,30,40H,9-10,14,16-19H2,1H3,(H,41,42). The normalized spacial score (nSPS) is 17.6. The van der Waals surface area contributed by atoms with Crippen LogP contribution in [-0.4, -0.2) is 61.7 Å². The van der Waals surface area contributed by atoms with Gasteiger partial charge in [-0.05, 0) is 65.1 Å². The Labute approximate surface area is 280 Å². The Morgan fingerprint density at radius 3 is 2.62 bits per heavy atom. The fourth-order valence-electron chi connectivity index (χ4n) is 6.07. The molecule has 2 atom stereocenters. The number of aliphatic hydroxyl groups excluding tert-OH is 1. The number of carbonyl (C=O) groups is 1. The molecular weight excluding hydrogens is 642 g/mol. The van der Waals surface area contributed by atoms with E-state index in [0.717, 1.165) is 62.1 Å². The van der Waals surface area contributed by atoms with E-state index in [4.69, 9.17) is 30.5 Å². The molecule has 1 aromatic heterocycles. The van der Waals surface area contributed by atoms with Crippen LogP contribution in [0.5, 0.6) is 23.0 Å². The van der Waals surface area contributed by atoms with Crippen molar-refractivity contribution in [3.8, 4) is 34.1 Å². The number of carboxylic acid groups (broad SMARTS) is 1. The van der Waals surface area contributed by atoms with Gasteiger partial charge in [-0.1, -0.05) is 41.9 Å². The Morgan fingerprint density at radius 2 is 1.77 bits per heavy atom. The summed E-state index contributed by atoms with van der Waals surface area (Å²) in [5, 5.41) is 20.4. The summed E-state index contributed by atoms with van der Waals surface area (Å²) in [7, 11) is 0. The van der Waals surface area contributed by atoms with E-state index < -0.39 is 18.1 Å². The summed E-state index contributed by atoms with van der Waals surface area (Å²) in [6.07, 6.45) is -0.564. The fourth-order valence-corrected chi connectivity index (χ4v) is 6.83. The van der Waals surface area contributed by atoms with Crippen molar-refractivity contribution in [1.82, 2.24) is 13.6 Å². The summed E-state index contributed by atoms with van der Waals surface area (Å²) in [6, 6.07) is 20.5. The Kier molecular flexibility index (Phi) is 8.87. The van der Waals surface area contributed by atoms with Gasteiger partial charge in [-0.3, -0.25) is 9.69 Å². The van der Waals surface area contributed by atoms with E-state index in [1.807, 2.05) is 48.5 Å². The molecule has 1 saturated heterocycles. The Hall–Kier alpha value is -4.42. The number of nitrogens with zero attached hydrogens (tertiary/aromatic N) is 3. The van der Waals surface area contributed by atoms with Gasteiger partial charge in [-0.25, -0.2) is 0 Å². The number of aromatic nitrogens is 2. The van der Waals surface area contributed by atoms with Gasteiger partial charge in [0.2, 0.25) is 0 Å². The van der Waals surface area contributed by atoms with E-state index in [-0.39, 0.29) is 32.7 Å². The highest BCUT2D eigenvalue weighted by atomic mass is 35.5. The van der Waals surface area contributed by atoms with Crippen LogP contribution in [0.15, 0.2) is 66.7 Å². The molecule has 5 aromatic rings. The van der Waals surface area contributed by atoms with E-state index >= 15 is 0 Å². The van der Waals surface area contributed by atoms with E-state index in [1.54, 1.807) is 17.0 Å². The number of β-amino-alcohol motifs (C(OH)–C–C–N with tert-alkyl or cyclic N) is 1. The van der Waals surface area contributed by atoms with Crippen molar-refractivity contribution in [3.63, 3.8) is 0 Å². The number of fused-ring (bicyclic) bond motifs is 2. The lowest BCUT2D eigenvalue weighted by atomic mass is 9.96. The van der Waals surface area contributed by atoms with Gasteiger partial charge in [-0.2, -0.15) is 8.75 Å². The van der Waals surface area contributed by atoms with E-state index in [9.17, 15) is 15.0 Å². The second kappa shape index (κ2) is 13.4. The quantitative estimate of drug-likeness (QED) is 0.175. The first kappa shape index (κ1) is 31.2. The lowest BCUT2D eigenvalue weighted by molar-refractivity contribution is -0.142. The predicted molar refractivity (Wildman–Crippen MR) is 178 cm³/mol. The molecule has 0 radical (unpaired) electrons. The number of aliphatic carboxylic acids is 1. The summed E-state index contributed by atoms with van der Waals surface area (Å²) >= 11 is 7.94. The number of aliphatic hydroxyl groups is 1. The van der Waals surface area contributed by atoms with E-state index in [1.165, 1.54) is 0 Å². The smallest absolute Gasteiger partial charge is 0.321 e. The first-order valence-electron chi connectivity index (χ1n) is 15.2. The summed E-state index contributed by atoms with van der Waals surface area (Å²) in [6.45, 7) is 4.08. The highest BCUT2D eigenvalue weighted by molar-refractivity contribution is 7.00. The van der Waals surface area contributed by atoms with Crippen molar-refractivity contribution in [2.45, 2.75) is 45.2 Å². The van der Waals surface area contributed by atoms with Gasteiger partial charge in [0, 0.05) is 31.1 Å². The Balaban J connectivity index is 1.14. The van der Waals surface area contributed by atoms with Crippen LogP contribution in [-0.2, 0) is 24.6 Å². The number of hydrogen-bond donors (Lipinski definition) is 2. The molecule has 12 heteroatoms. The molecular formula is C35H32ClN3O7S. The van der Waals surface area contributed by atoms with Gasteiger partial charge in [0.25, 0.3) is 0 Å². The summed E-state index contributed by atoms with van der Waals surface area (Å²) < 4.78 is 32.7. The monoisotopic (exact) mass is 673 g/mol. The molecule has 2 N–H and O–H groups in total. The zero-order valence-corrected chi connectivity index (χ0v) is 27.1. The minimum Gasteiger partial charge on any atom is -0.488 e. The molecule has 2 aliphatic rings. The molecule has 0 bridgehead atoms. The van der Waals surface area contributed by atoms with Crippen LogP contribution in [0.25, 0.3) is 22.2 Å². The second-order valence-electron chi connectivity index (χ2n) is 11.7. The number of benzene rings is 4. The SMILES string of the molecule is Cc1c(COc2cc(OCc3ccc4nsnc4c3)c(CN3CC(O)CC3C(=O)O)cc2Cl)cccc1-c1ccc2c(c1)OCCO2. The average Bonchev–Trinajstić information content (AvgIpc) is 3.70. The first-order chi connectivity index (χ1) is 22.8. The van der Waals surface area contributed by atoms with Crippen LogP contribution in [0.2, 0.25) is 5.02 Å². The van der Waals surface area contributed by atoms with Crippen LogP contribution in [0.1, 0.15) is 28.7 Å². The molecule has 1 fully saturated rings. The molecule has 4 aromatic carbocycles. The summed E-state index contributed by atoms with van der Waals surface area (Å²) in [5.41, 5.74) is 7.33. The lowest BCUT2D eigenvalue weighted by Crippen LogP contribution is -2.35. The van der Waals surface area contributed by atoms with Gasteiger partial charge >= 0.3 is 5.97 Å². The van der Waals surface area contributed by atoms with Gasteiger partial charge in [0.15, 0.2) is 11.5 Å².